The number of aryl methyl sites for hydroxylation is 2. The van der Waals surface area contributed by atoms with Crippen LogP contribution in [0.15, 0.2) is 54.6 Å². The normalized spacial score (nSPS) is 15.8. The number of aromatic nitrogens is 1. The molecule has 1 atom stereocenters. The van der Waals surface area contributed by atoms with Crippen LogP contribution in [0.25, 0.3) is 11.1 Å². The fourth-order valence-electron chi connectivity index (χ4n) is 5.28. The van der Waals surface area contributed by atoms with Crippen molar-refractivity contribution in [2.75, 3.05) is 18.0 Å². The Bertz CT molecular complexity index is 1390. The summed E-state index contributed by atoms with van der Waals surface area (Å²) in [4.78, 5) is 32.3. The zero-order valence-electron chi connectivity index (χ0n) is 24.8. The highest BCUT2D eigenvalue weighted by Crippen LogP contribution is 2.44. The van der Waals surface area contributed by atoms with Crippen LogP contribution in [0.3, 0.4) is 0 Å². The first-order valence-corrected chi connectivity index (χ1v) is 14.0. The van der Waals surface area contributed by atoms with Crippen LogP contribution in [-0.2, 0) is 16.1 Å². The third-order valence-electron chi connectivity index (χ3n) is 7.39. The number of halogens is 1. The highest BCUT2D eigenvalue weighted by molar-refractivity contribution is 5.95. The minimum Gasteiger partial charge on any atom is -0.479 e. The smallest absolute Gasteiger partial charge is 0.337 e. The monoisotopic (exact) mass is 561 g/mol. The van der Waals surface area contributed by atoms with Crippen LogP contribution in [0, 0.1) is 13.8 Å². The second kappa shape index (κ2) is 12.0. The fourth-order valence-corrected chi connectivity index (χ4v) is 5.28. The number of amides is 1. The third kappa shape index (κ3) is 7.30. The number of carboxylic acids is 1. The lowest BCUT2D eigenvalue weighted by Crippen LogP contribution is -2.41. The Kier molecular flexibility index (Phi) is 8.83. The lowest BCUT2D eigenvalue weighted by atomic mass is 9.90. The second-order valence-electron chi connectivity index (χ2n) is 12.0. The number of hydrogen-bond acceptors (Lipinski definition) is 5. The Hall–Kier alpha value is -3.78. The van der Waals surface area contributed by atoms with Crippen LogP contribution in [0.2, 0.25) is 0 Å². The molecular formula is C33H40FN3O4. The molecule has 3 aromatic rings. The van der Waals surface area contributed by atoms with Crippen LogP contribution in [0.4, 0.5) is 10.1 Å². The molecule has 4 rings (SSSR count). The molecule has 218 valence electrons. The number of carboxylic acid groups (broad SMARTS) is 1. The Labute approximate surface area is 241 Å². The molecule has 0 spiro atoms. The van der Waals surface area contributed by atoms with Crippen LogP contribution in [0.5, 0.6) is 0 Å². The first-order chi connectivity index (χ1) is 19.3. The summed E-state index contributed by atoms with van der Waals surface area (Å²) < 4.78 is 20.9. The van der Waals surface area contributed by atoms with E-state index in [0.717, 1.165) is 22.4 Å². The molecular weight excluding hydrogens is 521 g/mol. The predicted molar refractivity (Wildman–Crippen MR) is 159 cm³/mol. The van der Waals surface area contributed by atoms with E-state index in [4.69, 9.17) is 9.72 Å². The summed E-state index contributed by atoms with van der Waals surface area (Å²) in [5.41, 5.74) is 3.50. The van der Waals surface area contributed by atoms with E-state index < -0.39 is 23.3 Å². The highest BCUT2D eigenvalue weighted by atomic mass is 19.1. The van der Waals surface area contributed by atoms with Crippen molar-refractivity contribution in [2.45, 2.75) is 78.3 Å². The molecule has 7 nitrogen and oxygen atoms in total. The number of nitrogens with one attached hydrogen (secondary N) is 1. The average molecular weight is 562 g/mol. The SMILES string of the molecule is Cc1nc(C)c([C@H](OC(C)(C)C)C(=O)O)c(N2CCC(C)(F)CC2)c1-c1ccc(C(=O)NCc2ccccc2)cc1. The molecule has 2 N–H and O–H groups in total. The molecule has 41 heavy (non-hydrogen) atoms. The molecule has 0 unspecified atom stereocenters. The first-order valence-electron chi connectivity index (χ1n) is 14.0. The van der Waals surface area contributed by atoms with Gasteiger partial charge in [0.05, 0.1) is 11.3 Å². The van der Waals surface area contributed by atoms with Gasteiger partial charge in [0, 0.05) is 47.7 Å². The molecule has 1 aliphatic rings. The van der Waals surface area contributed by atoms with Crippen molar-refractivity contribution in [3.63, 3.8) is 0 Å². The maximum absolute atomic E-state index is 14.8. The van der Waals surface area contributed by atoms with Gasteiger partial charge in [-0.25, -0.2) is 9.18 Å². The molecule has 1 amide bonds. The zero-order valence-corrected chi connectivity index (χ0v) is 24.8. The summed E-state index contributed by atoms with van der Waals surface area (Å²) >= 11 is 0. The number of pyridine rings is 1. The minimum atomic E-state index is -1.28. The van der Waals surface area contributed by atoms with Crippen LogP contribution >= 0.6 is 0 Å². The number of anilines is 1. The number of nitrogens with zero attached hydrogens (tertiary/aromatic N) is 2. The first kappa shape index (κ1) is 30.2. The summed E-state index contributed by atoms with van der Waals surface area (Å²) in [6.07, 6.45) is -0.617. The van der Waals surface area contributed by atoms with Gasteiger partial charge in [0.25, 0.3) is 5.91 Å². The molecule has 0 bridgehead atoms. The van der Waals surface area contributed by atoms with Gasteiger partial charge in [-0.15, -0.1) is 0 Å². The van der Waals surface area contributed by atoms with Crippen molar-refractivity contribution < 1.29 is 23.8 Å². The van der Waals surface area contributed by atoms with E-state index in [9.17, 15) is 19.1 Å². The van der Waals surface area contributed by atoms with Crippen molar-refractivity contribution in [1.82, 2.24) is 10.3 Å². The second-order valence-corrected chi connectivity index (χ2v) is 12.0. The van der Waals surface area contributed by atoms with Crippen LogP contribution in [0.1, 0.15) is 79.5 Å². The number of hydrogen-bond donors (Lipinski definition) is 2. The maximum atomic E-state index is 14.8. The summed E-state index contributed by atoms with van der Waals surface area (Å²) in [6.45, 7) is 12.0. The number of benzene rings is 2. The molecule has 2 heterocycles. The summed E-state index contributed by atoms with van der Waals surface area (Å²) in [7, 11) is 0. The lowest BCUT2D eigenvalue weighted by molar-refractivity contribution is -0.160. The van der Waals surface area contributed by atoms with Gasteiger partial charge in [0.1, 0.15) is 5.67 Å². The molecule has 0 saturated carbocycles. The van der Waals surface area contributed by atoms with E-state index in [1.165, 1.54) is 0 Å². The standard InChI is InChI=1S/C33H40FN3O4/c1-21-26(24-12-14-25(15-13-24)30(38)35-20-23-10-8-7-9-11-23)28(37-18-16-33(6,34)17-19-37)27(22(2)36-21)29(31(39)40)41-32(3,4)5/h7-15,29H,16-20H2,1-6H3,(H,35,38)(H,39,40)/t29-/m0/s1. The Morgan fingerprint density at radius 3 is 2.22 bits per heavy atom. The van der Waals surface area contributed by atoms with E-state index in [-0.39, 0.29) is 5.91 Å². The predicted octanol–water partition coefficient (Wildman–Crippen LogP) is 6.56. The van der Waals surface area contributed by atoms with Crippen LogP contribution < -0.4 is 10.2 Å². The molecule has 2 aromatic carbocycles. The van der Waals surface area contributed by atoms with Gasteiger partial charge < -0.3 is 20.1 Å². The van der Waals surface area contributed by atoms with E-state index in [0.29, 0.717) is 55.0 Å². The molecule has 0 radical (unpaired) electrons. The van der Waals surface area contributed by atoms with Gasteiger partial charge in [-0.05, 0) is 77.6 Å². The molecule has 0 aliphatic carbocycles. The number of aliphatic carboxylic acids is 1. The van der Waals surface area contributed by atoms with E-state index in [2.05, 4.69) is 10.2 Å². The minimum absolute atomic E-state index is 0.192. The summed E-state index contributed by atoms with van der Waals surface area (Å²) in [5.74, 6) is -1.30. The maximum Gasteiger partial charge on any atom is 0.337 e. The average Bonchev–Trinajstić information content (AvgIpc) is 2.90. The fraction of sp³-hybridized carbons (Fsp3) is 0.424. The largest absolute Gasteiger partial charge is 0.479 e. The van der Waals surface area contributed by atoms with Gasteiger partial charge in [-0.2, -0.15) is 0 Å². The number of rotatable bonds is 8. The molecule has 1 aromatic heterocycles. The van der Waals surface area contributed by atoms with Gasteiger partial charge in [-0.1, -0.05) is 42.5 Å². The van der Waals surface area contributed by atoms with Crippen molar-refractivity contribution in [3.05, 3.63) is 82.7 Å². The van der Waals surface area contributed by atoms with E-state index >= 15 is 0 Å². The number of carbonyl (C=O) groups is 2. The Morgan fingerprint density at radius 2 is 1.66 bits per heavy atom. The van der Waals surface area contributed by atoms with E-state index in [1.54, 1.807) is 26.0 Å². The zero-order chi connectivity index (χ0) is 29.9. The molecule has 1 fully saturated rings. The molecule has 1 aliphatic heterocycles. The van der Waals surface area contributed by atoms with Crippen molar-refractivity contribution >= 4 is 17.6 Å². The van der Waals surface area contributed by atoms with Gasteiger partial charge >= 0.3 is 5.97 Å². The molecule has 8 heteroatoms. The topological polar surface area (TPSA) is 91.8 Å². The lowest BCUT2D eigenvalue weighted by Gasteiger charge is -2.39. The summed E-state index contributed by atoms with van der Waals surface area (Å²) in [5, 5.41) is 13.3. The Morgan fingerprint density at radius 1 is 1.05 bits per heavy atom. The van der Waals surface area contributed by atoms with Gasteiger partial charge in [-0.3, -0.25) is 9.78 Å². The number of carbonyl (C=O) groups excluding carboxylic acids is 1. The molecule has 1 saturated heterocycles. The number of ether oxygens (including phenoxy) is 1. The van der Waals surface area contributed by atoms with Crippen molar-refractivity contribution in [1.29, 1.82) is 0 Å². The Balaban J connectivity index is 1.77. The highest BCUT2D eigenvalue weighted by Gasteiger charge is 2.37. The third-order valence-corrected chi connectivity index (χ3v) is 7.39. The van der Waals surface area contributed by atoms with Crippen LogP contribution in [-0.4, -0.2) is 46.3 Å². The quantitative estimate of drug-likeness (QED) is 0.323. The van der Waals surface area contributed by atoms with Gasteiger partial charge in [0.2, 0.25) is 0 Å². The van der Waals surface area contributed by atoms with Crippen molar-refractivity contribution in [2.24, 2.45) is 0 Å². The number of piperidine rings is 1. The number of alkyl halides is 1. The van der Waals surface area contributed by atoms with E-state index in [1.807, 2.05) is 70.2 Å². The summed E-state index contributed by atoms with van der Waals surface area (Å²) in [6, 6.07) is 16.9. The van der Waals surface area contributed by atoms with Crippen molar-refractivity contribution in [3.8, 4) is 11.1 Å². The van der Waals surface area contributed by atoms with Gasteiger partial charge in [0.15, 0.2) is 6.10 Å².